The summed E-state index contributed by atoms with van der Waals surface area (Å²) in [5.41, 5.74) is 2.57. The van der Waals surface area contributed by atoms with E-state index in [1.807, 2.05) is 30.3 Å². The molecule has 1 aliphatic heterocycles. The second-order valence-electron chi connectivity index (χ2n) is 6.58. The number of fused-ring (bicyclic) bond motifs is 1. The Labute approximate surface area is 144 Å². The first kappa shape index (κ1) is 15.6. The van der Waals surface area contributed by atoms with Crippen LogP contribution in [0.3, 0.4) is 0 Å². The molecule has 1 aromatic carbocycles. The maximum absolute atomic E-state index is 12.5. The van der Waals surface area contributed by atoms with Crippen LogP contribution in [-0.2, 0) is 17.6 Å². The van der Waals surface area contributed by atoms with Gasteiger partial charge >= 0.3 is 0 Å². The smallest absolute Gasteiger partial charge is 0.261 e. The van der Waals surface area contributed by atoms with Crippen molar-refractivity contribution in [3.05, 3.63) is 63.6 Å². The van der Waals surface area contributed by atoms with Gasteiger partial charge in [-0.05, 0) is 43.0 Å². The van der Waals surface area contributed by atoms with Crippen molar-refractivity contribution in [3.63, 3.8) is 0 Å². The molecular formula is C19H19N3O3. The standard InChI is InChI=1S/C19H19N3O3/c23-17-10-13(11-22(17)14-6-2-1-3-7-14)20-18(24)15-9-12-5-4-8-16(12)21-19(15)25/h1-3,6-7,9,13H,4-5,8,10-11H2,(H,20,24)(H,21,25)/t13-/m1/s1. The number of aromatic nitrogens is 1. The highest BCUT2D eigenvalue weighted by Gasteiger charge is 2.32. The number of para-hydroxylation sites is 1. The minimum absolute atomic E-state index is 0.0284. The molecule has 1 aromatic heterocycles. The maximum atomic E-state index is 12.5. The predicted molar refractivity (Wildman–Crippen MR) is 93.8 cm³/mol. The molecule has 0 unspecified atom stereocenters. The fourth-order valence-electron chi connectivity index (χ4n) is 3.61. The Hall–Kier alpha value is -2.89. The molecule has 1 saturated heterocycles. The van der Waals surface area contributed by atoms with E-state index >= 15 is 0 Å². The lowest BCUT2D eigenvalue weighted by Crippen LogP contribution is -2.39. The van der Waals surface area contributed by atoms with Crippen molar-refractivity contribution in [2.75, 3.05) is 11.4 Å². The third kappa shape index (κ3) is 2.95. The number of nitrogens with zero attached hydrogens (tertiary/aromatic N) is 1. The molecule has 0 saturated carbocycles. The van der Waals surface area contributed by atoms with E-state index in [1.54, 1.807) is 11.0 Å². The summed E-state index contributed by atoms with van der Waals surface area (Å²) in [5, 5.41) is 2.84. The average molecular weight is 337 g/mol. The number of pyridine rings is 1. The van der Waals surface area contributed by atoms with E-state index in [4.69, 9.17) is 0 Å². The minimum Gasteiger partial charge on any atom is -0.347 e. The van der Waals surface area contributed by atoms with Gasteiger partial charge in [-0.2, -0.15) is 0 Å². The second kappa shape index (κ2) is 6.20. The summed E-state index contributed by atoms with van der Waals surface area (Å²) in [6, 6.07) is 10.8. The molecule has 0 spiro atoms. The zero-order valence-electron chi connectivity index (χ0n) is 13.7. The van der Waals surface area contributed by atoms with Gasteiger partial charge in [-0.15, -0.1) is 0 Å². The molecule has 6 heteroatoms. The number of hydrogen-bond donors (Lipinski definition) is 2. The fraction of sp³-hybridized carbons (Fsp3) is 0.316. The Kier molecular flexibility index (Phi) is 3.87. The van der Waals surface area contributed by atoms with Gasteiger partial charge in [-0.25, -0.2) is 0 Å². The molecule has 2 heterocycles. The van der Waals surface area contributed by atoms with Crippen LogP contribution in [0.2, 0.25) is 0 Å². The Bertz CT molecular complexity index is 889. The zero-order chi connectivity index (χ0) is 17.4. The number of amides is 2. The lowest BCUT2D eigenvalue weighted by molar-refractivity contribution is -0.117. The number of H-pyrrole nitrogens is 1. The normalized spacial score (nSPS) is 19.1. The molecule has 2 N–H and O–H groups in total. The third-order valence-corrected chi connectivity index (χ3v) is 4.86. The van der Waals surface area contributed by atoms with Crippen molar-refractivity contribution in [3.8, 4) is 0 Å². The molecule has 4 rings (SSSR count). The Morgan fingerprint density at radius 1 is 1.16 bits per heavy atom. The molecule has 1 aliphatic carbocycles. The number of rotatable bonds is 3. The summed E-state index contributed by atoms with van der Waals surface area (Å²) in [6.07, 6.45) is 2.98. The summed E-state index contributed by atoms with van der Waals surface area (Å²) in [6.45, 7) is 0.414. The van der Waals surface area contributed by atoms with Crippen LogP contribution in [0.1, 0.15) is 34.5 Å². The van der Waals surface area contributed by atoms with E-state index in [-0.39, 0.29) is 29.5 Å². The second-order valence-corrected chi connectivity index (χ2v) is 6.58. The Morgan fingerprint density at radius 3 is 2.76 bits per heavy atom. The monoisotopic (exact) mass is 337 g/mol. The molecule has 1 fully saturated rings. The number of benzene rings is 1. The molecule has 6 nitrogen and oxygen atoms in total. The van der Waals surface area contributed by atoms with Crippen LogP contribution < -0.4 is 15.8 Å². The zero-order valence-corrected chi connectivity index (χ0v) is 13.7. The molecule has 0 radical (unpaired) electrons. The molecule has 25 heavy (non-hydrogen) atoms. The number of carbonyl (C=O) groups excluding carboxylic acids is 2. The minimum atomic E-state index is -0.413. The SMILES string of the molecule is O=C(N[C@@H]1CC(=O)N(c2ccccc2)C1)c1cc2c([nH]c1=O)CCC2. The molecule has 1 atom stereocenters. The van der Waals surface area contributed by atoms with Crippen molar-refractivity contribution in [1.29, 1.82) is 0 Å². The van der Waals surface area contributed by atoms with Crippen LogP contribution in [0, 0.1) is 0 Å². The quantitative estimate of drug-likeness (QED) is 0.888. The third-order valence-electron chi connectivity index (χ3n) is 4.86. The first-order valence-corrected chi connectivity index (χ1v) is 8.53. The van der Waals surface area contributed by atoms with Gasteiger partial charge in [-0.1, -0.05) is 18.2 Å². The number of hydrogen-bond acceptors (Lipinski definition) is 3. The van der Waals surface area contributed by atoms with Gasteiger partial charge < -0.3 is 15.2 Å². The van der Waals surface area contributed by atoms with Crippen molar-refractivity contribution < 1.29 is 9.59 Å². The van der Waals surface area contributed by atoms with E-state index in [1.165, 1.54) is 0 Å². The number of nitrogens with one attached hydrogen (secondary N) is 2. The lowest BCUT2D eigenvalue weighted by Gasteiger charge is -2.17. The van der Waals surface area contributed by atoms with E-state index in [0.29, 0.717) is 6.54 Å². The molecule has 2 aliphatic rings. The van der Waals surface area contributed by atoms with Gasteiger partial charge in [0.1, 0.15) is 5.56 Å². The number of anilines is 1. The summed E-state index contributed by atoms with van der Waals surface area (Å²) in [4.78, 5) is 41.4. The van der Waals surface area contributed by atoms with Crippen molar-refractivity contribution in [1.82, 2.24) is 10.3 Å². The first-order valence-electron chi connectivity index (χ1n) is 8.53. The Morgan fingerprint density at radius 2 is 1.96 bits per heavy atom. The van der Waals surface area contributed by atoms with Crippen molar-refractivity contribution in [2.24, 2.45) is 0 Å². The molecule has 2 aromatic rings. The van der Waals surface area contributed by atoms with Gasteiger partial charge in [0, 0.05) is 24.3 Å². The molecule has 0 bridgehead atoms. The van der Waals surface area contributed by atoms with Gasteiger partial charge in [0.2, 0.25) is 5.91 Å². The number of aryl methyl sites for hydroxylation is 2. The fourth-order valence-corrected chi connectivity index (χ4v) is 3.61. The lowest BCUT2D eigenvalue weighted by atomic mass is 10.1. The van der Waals surface area contributed by atoms with Gasteiger partial charge in [0.05, 0.1) is 6.04 Å². The maximum Gasteiger partial charge on any atom is 0.261 e. The highest BCUT2D eigenvalue weighted by molar-refractivity contribution is 5.98. The molecule has 128 valence electrons. The van der Waals surface area contributed by atoms with Gasteiger partial charge in [0.15, 0.2) is 0 Å². The predicted octanol–water partition coefficient (Wildman–Crippen LogP) is 1.40. The highest BCUT2D eigenvalue weighted by atomic mass is 16.2. The van der Waals surface area contributed by atoms with E-state index < -0.39 is 5.91 Å². The van der Waals surface area contributed by atoms with Crippen LogP contribution in [0.15, 0.2) is 41.2 Å². The van der Waals surface area contributed by atoms with Crippen LogP contribution >= 0.6 is 0 Å². The molecular weight excluding hydrogens is 318 g/mol. The van der Waals surface area contributed by atoms with E-state index in [9.17, 15) is 14.4 Å². The van der Waals surface area contributed by atoms with Crippen LogP contribution in [0.4, 0.5) is 5.69 Å². The highest BCUT2D eigenvalue weighted by Crippen LogP contribution is 2.22. The number of carbonyl (C=O) groups is 2. The van der Waals surface area contributed by atoms with Gasteiger partial charge in [0.25, 0.3) is 11.5 Å². The van der Waals surface area contributed by atoms with Crippen molar-refractivity contribution in [2.45, 2.75) is 31.7 Å². The van der Waals surface area contributed by atoms with Gasteiger partial charge in [-0.3, -0.25) is 14.4 Å². The summed E-state index contributed by atoms with van der Waals surface area (Å²) < 4.78 is 0. The topological polar surface area (TPSA) is 82.3 Å². The number of aromatic amines is 1. The molecule has 2 amide bonds. The van der Waals surface area contributed by atoms with E-state index in [0.717, 1.165) is 36.2 Å². The summed E-state index contributed by atoms with van der Waals surface area (Å²) >= 11 is 0. The summed E-state index contributed by atoms with van der Waals surface area (Å²) in [5.74, 6) is -0.442. The van der Waals surface area contributed by atoms with Crippen LogP contribution in [0.25, 0.3) is 0 Å². The van der Waals surface area contributed by atoms with Crippen molar-refractivity contribution >= 4 is 17.5 Å². The van der Waals surface area contributed by atoms with E-state index in [2.05, 4.69) is 10.3 Å². The summed E-state index contributed by atoms with van der Waals surface area (Å²) in [7, 11) is 0. The van der Waals surface area contributed by atoms with Crippen LogP contribution in [-0.4, -0.2) is 29.4 Å². The average Bonchev–Trinajstić information content (AvgIpc) is 3.20. The van der Waals surface area contributed by atoms with Crippen LogP contribution in [0.5, 0.6) is 0 Å². The largest absolute Gasteiger partial charge is 0.347 e. The first-order chi connectivity index (χ1) is 12.1. The Balaban J connectivity index is 1.49.